The van der Waals surface area contributed by atoms with Gasteiger partial charge < -0.3 is 10.6 Å². The van der Waals surface area contributed by atoms with Crippen molar-refractivity contribution in [1.29, 1.82) is 0 Å². The smallest absolute Gasteiger partial charge is 0.253 e. The fourth-order valence-corrected chi connectivity index (χ4v) is 3.94. The molecule has 0 bridgehead atoms. The summed E-state index contributed by atoms with van der Waals surface area (Å²) in [6.45, 7) is 1.48. The van der Waals surface area contributed by atoms with Crippen LogP contribution < -0.4 is 5.73 Å². The van der Waals surface area contributed by atoms with Crippen molar-refractivity contribution in [2.45, 2.75) is 31.6 Å². The standard InChI is InChI=1S/C24H26N4O/c25-24-26-21(12-11-18-7-3-1-4-8-18)17-22(27-24)19-13-15-28(16-14-19)23(29)20-9-5-2-6-10-20/h1-10,17,19H,11-16H2,(H2,25,26,27). The maximum atomic E-state index is 12.7. The zero-order valence-corrected chi connectivity index (χ0v) is 16.5. The van der Waals surface area contributed by atoms with Gasteiger partial charge >= 0.3 is 0 Å². The van der Waals surface area contributed by atoms with E-state index in [9.17, 15) is 4.79 Å². The number of nitrogen functional groups attached to an aromatic ring is 1. The lowest BCUT2D eigenvalue weighted by atomic mass is 9.92. The van der Waals surface area contributed by atoms with Crippen LogP contribution in [-0.2, 0) is 12.8 Å². The summed E-state index contributed by atoms with van der Waals surface area (Å²) in [6.07, 6.45) is 3.57. The van der Waals surface area contributed by atoms with E-state index in [1.54, 1.807) is 0 Å². The third kappa shape index (κ3) is 4.80. The molecule has 1 aliphatic heterocycles. The van der Waals surface area contributed by atoms with Crippen LogP contribution in [0, 0.1) is 0 Å². The second-order valence-corrected chi connectivity index (χ2v) is 7.56. The lowest BCUT2D eigenvalue weighted by molar-refractivity contribution is 0.0712. The molecule has 1 saturated heterocycles. The number of hydrogen-bond acceptors (Lipinski definition) is 4. The van der Waals surface area contributed by atoms with Gasteiger partial charge in [0.05, 0.1) is 0 Å². The molecule has 29 heavy (non-hydrogen) atoms. The van der Waals surface area contributed by atoms with Crippen LogP contribution in [-0.4, -0.2) is 33.9 Å². The number of anilines is 1. The van der Waals surface area contributed by atoms with Crippen LogP contribution in [0.4, 0.5) is 5.95 Å². The Kier molecular flexibility index (Phi) is 5.84. The maximum Gasteiger partial charge on any atom is 0.253 e. The average molecular weight is 386 g/mol. The molecule has 5 nitrogen and oxygen atoms in total. The van der Waals surface area contributed by atoms with Crippen LogP contribution in [0.2, 0.25) is 0 Å². The summed E-state index contributed by atoms with van der Waals surface area (Å²) in [5.74, 6) is 0.763. The number of piperidine rings is 1. The molecule has 4 rings (SSSR count). The van der Waals surface area contributed by atoms with E-state index in [2.05, 4.69) is 40.3 Å². The minimum absolute atomic E-state index is 0.106. The largest absolute Gasteiger partial charge is 0.368 e. The Morgan fingerprint density at radius 2 is 1.59 bits per heavy atom. The molecule has 1 aromatic heterocycles. The first-order chi connectivity index (χ1) is 14.2. The van der Waals surface area contributed by atoms with Gasteiger partial charge in [0, 0.05) is 36.0 Å². The Morgan fingerprint density at radius 1 is 0.931 bits per heavy atom. The normalized spacial score (nSPS) is 14.7. The number of aromatic nitrogens is 2. The molecule has 2 aromatic carbocycles. The molecule has 1 amide bonds. The lowest BCUT2D eigenvalue weighted by Crippen LogP contribution is -2.38. The van der Waals surface area contributed by atoms with Crippen LogP contribution >= 0.6 is 0 Å². The molecule has 5 heteroatoms. The van der Waals surface area contributed by atoms with Gasteiger partial charge in [-0.3, -0.25) is 4.79 Å². The van der Waals surface area contributed by atoms with Crippen LogP contribution in [0.25, 0.3) is 0 Å². The molecule has 0 spiro atoms. The topological polar surface area (TPSA) is 72.1 Å². The molecule has 2 heterocycles. The SMILES string of the molecule is Nc1nc(CCc2ccccc2)cc(C2CCN(C(=O)c3ccccc3)CC2)n1. The minimum Gasteiger partial charge on any atom is -0.368 e. The van der Waals surface area contributed by atoms with Gasteiger partial charge in [-0.2, -0.15) is 0 Å². The Hall–Kier alpha value is -3.21. The third-order valence-electron chi connectivity index (χ3n) is 5.55. The van der Waals surface area contributed by atoms with Crippen LogP contribution in [0.15, 0.2) is 66.7 Å². The van der Waals surface area contributed by atoms with E-state index in [0.717, 1.165) is 55.7 Å². The highest BCUT2D eigenvalue weighted by Gasteiger charge is 2.25. The number of aryl methyl sites for hydroxylation is 2. The summed E-state index contributed by atoms with van der Waals surface area (Å²) in [5, 5.41) is 0. The molecule has 1 fully saturated rings. The summed E-state index contributed by atoms with van der Waals surface area (Å²) in [6, 6.07) is 22.0. The van der Waals surface area contributed by atoms with E-state index < -0.39 is 0 Å². The predicted octanol–water partition coefficient (Wildman–Crippen LogP) is 3.86. The van der Waals surface area contributed by atoms with E-state index >= 15 is 0 Å². The highest BCUT2D eigenvalue weighted by atomic mass is 16.2. The number of nitrogens with zero attached hydrogens (tertiary/aromatic N) is 3. The van der Waals surface area contributed by atoms with Crippen molar-refractivity contribution in [3.05, 3.63) is 89.2 Å². The number of carbonyl (C=O) groups is 1. The van der Waals surface area contributed by atoms with Gasteiger partial charge in [-0.15, -0.1) is 0 Å². The fraction of sp³-hybridized carbons (Fsp3) is 0.292. The second kappa shape index (κ2) is 8.86. The number of rotatable bonds is 5. The molecule has 1 aliphatic rings. The number of benzene rings is 2. The van der Waals surface area contributed by atoms with Gasteiger partial charge in [-0.05, 0) is 49.4 Å². The zero-order valence-electron chi connectivity index (χ0n) is 16.5. The quantitative estimate of drug-likeness (QED) is 0.723. The molecule has 0 saturated carbocycles. The third-order valence-corrected chi connectivity index (χ3v) is 5.55. The van der Waals surface area contributed by atoms with Crippen molar-refractivity contribution in [3.63, 3.8) is 0 Å². The van der Waals surface area contributed by atoms with Gasteiger partial charge in [-0.25, -0.2) is 9.97 Å². The van der Waals surface area contributed by atoms with Crippen LogP contribution in [0.1, 0.15) is 46.1 Å². The Bertz CT molecular complexity index is 951. The Labute approximate surface area is 171 Å². The first-order valence-corrected chi connectivity index (χ1v) is 10.2. The molecule has 2 N–H and O–H groups in total. The Balaban J connectivity index is 1.39. The molecule has 3 aromatic rings. The van der Waals surface area contributed by atoms with Crippen molar-refractivity contribution in [2.75, 3.05) is 18.8 Å². The second-order valence-electron chi connectivity index (χ2n) is 7.56. The van der Waals surface area contributed by atoms with Gasteiger partial charge in [-0.1, -0.05) is 48.5 Å². The summed E-state index contributed by atoms with van der Waals surface area (Å²) in [5.41, 5.74) is 10.0. The van der Waals surface area contributed by atoms with E-state index in [1.807, 2.05) is 41.3 Å². The summed E-state index contributed by atoms with van der Waals surface area (Å²) in [4.78, 5) is 23.5. The number of likely N-dealkylation sites (tertiary alicyclic amines) is 1. The maximum absolute atomic E-state index is 12.7. The molecular formula is C24H26N4O. The summed E-state index contributed by atoms with van der Waals surface area (Å²) < 4.78 is 0. The molecule has 0 atom stereocenters. The molecular weight excluding hydrogens is 360 g/mol. The highest BCUT2D eigenvalue weighted by molar-refractivity contribution is 5.94. The average Bonchev–Trinajstić information content (AvgIpc) is 2.78. The number of hydrogen-bond donors (Lipinski definition) is 1. The van der Waals surface area contributed by atoms with Crippen molar-refractivity contribution in [2.24, 2.45) is 0 Å². The van der Waals surface area contributed by atoms with Gasteiger partial charge in [0.2, 0.25) is 5.95 Å². The van der Waals surface area contributed by atoms with Crippen LogP contribution in [0.3, 0.4) is 0 Å². The Morgan fingerprint density at radius 3 is 2.28 bits per heavy atom. The number of amides is 1. The number of carbonyl (C=O) groups excluding carboxylic acids is 1. The highest BCUT2D eigenvalue weighted by Crippen LogP contribution is 2.28. The first-order valence-electron chi connectivity index (χ1n) is 10.2. The molecule has 148 valence electrons. The van der Waals surface area contributed by atoms with Crippen molar-refractivity contribution in [1.82, 2.24) is 14.9 Å². The van der Waals surface area contributed by atoms with Gasteiger partial charge in [0.25, 0.3) is 5.91 Å². The first kappa shape index (κ1) is 19.1. The molecule has 0 radical (unpaired) electrons. The van der Waals surface area contributed by atoms with Crippen molar-refractivity contribution >= 4 is 11.9 Å². The molecule has 0 unspecified atom stereocenters. The molecule has 0 aliphatic carbocycles. The van der Waals surface area contributed by atoms with E-state index in [4.69, 9.17) is 5.73 Å². The van der Waals surface area contributed by atoms with Crippen LogP contribution in [0.5, 0.6) is 0 Å². The zero-order chi connectivity index (χ0) is 20.1. The van der Waals surface area contributed by atoms with E-state index in [-0.39, 0.29) is 5.91 Å². The lowest BCUT2D eigenvalue weighted by Gasteiger charge is -2.32. The van der Waals surface area contributed by atoms with E-state index in [0.29, 0.717) is 11.9 Å². The number of nitrogens with two attached hydrogens (primary N) is 1. The van der Waals surface area contributed by atoms with E-state index in [1.165, 1.54) is 5.56 Å². The predicted molar refractivity (Wildman–Crippen MR) is 115 cm³/mol. The fourth-order valence-electron chi connectivity index (χ4n) is 3.94. The van der Waals surface area contributed by atoms with Gasteiger partial charge in [0.15, 0.2) is 0 Å². The van der Waals surface area contributed by atoms with Crippen molar-refractivity contribution in [3.8, 4) is 0 Å². The summed E-state index contributed by atoms with van der Waals surface area (Å²) >= 11 is 0. The monoisotopic (exact) mass is 386 g/mol. The van der Waals surface area contributed by atoms with Gasteiger partial charge in [0.1, 0.15) is 0 Å². The minimum atomic E-state index is 0.106. The van der Waals surface area contributed by atoms with Crippen molar-refractivity contribution < 1.29 is 4.79 Å². The summed E-state index contributed by atoms with van der Waals surface area (Å²) in [7, 11) is 0.